The summed E-state index contributed by atoms with van der Waals surface area (Å²) in [6.45, 7) is 5.90. The minimum atomic E-state index is -2.43. The molecule has 0 bridgehead atoms. The second-order valence-electron chi connectivity index (χ2n) is 8.48. The molecule has 0 aliphatic rings. The Kier molecular flexibility index (Phi) is 30.1. The summed E-state index contributed by atoms with van der Waals surface area (Å²) in [5, 5.41) is 0. The molecule has 0 atom stereocenters. The number of unbranched alkanes of at least 4 members (excludes halogenated alkanes) is 18. The molecule has 0 saturated carbocycles. The van der Waals surface area contributed by atoms with E-state index < -0.39 is 5.69 Å². The fraction of sp³-hybridized carbons (Fsp3) is 1.00. The molecule has 0 rings (SSSR count). The van der Waals surface area contributed by atoms with Crippen LogP contribution in [0.5, 0.6) is 0 Å². The van der Waals surface area contributed by atoms with E-state index in [4.69, 9.17) is 33.1 Å². The molecule has 0 amide bonds. The second-order valence-corrected chi connectivity index (χ2v) is 13.5. The van der Waals surface area contributed by atoms with E-state index in [9.17, 15) is 0 Å². The predicted molar refractivity (Wildman–Crippen MR) is 137 cm³/mol. The van der Waals surface area contributed by atoms with Crippen LogP contribution in [0.15, 0.2) is 0 Å². The van der Waals surface area contributed by atoms with Crippen LogP contribution in [-0.2, 0) is 52.6 Å². The third-order valence-corrected chi connectivity index (χ3v) is 7.76. The monoisotopic (exact) mass is 529 g/mol. The van der Waals surface area contributed by atoms with Gasteiger partial charge in [-0.2, -0.15) is 0 Å². The van der Waals surface area contributed by atoms with Crippen LogP contribution in [-0.4, -0.2) is 13.2 Å². The Bertz CT molecular complexity index is 343. The molecule has 0 radical (unpaired) electrons. The summed E-state index contributed by atoms with van der Waals surface area (Å²) in [6, 6.07) is 0. The normalized spacial score (nSPS) is 11.6. The fourth-order valence-corrected chi connectivity index (χ4v) is 5.24. The standard InChI is InChI=1S/C24H51O2PS2.Zn/c1-3-5-7-9-11-13-15-17-19-21-23-25-27(28,29)26-24-22-20-18-16-14-12-10-8-6-4-2;/h3-24H2,1-2H3,(H,28,29);/p-1. The van der Waals surface area contributed by atoms with Gasteiger partial charge in [0.05, 0.1) is 18.9 Å². The first-order valence-electron chi connectivity index (χ1n) is 12.7. The van der Waals surface area contributed by atoms with Gasteiger partial charge in [-0.15, -0.1) is 0 Å². The van der Waals surface area contributed by atoms with Crippen molar-refractivity contribution in [1.29, 1.82) is 0 Å². The van der Waals surface area contributed by atoms with E-state index in [2.05, 4.69) is 13.8 Å². The Morgan fingerprint density at radius 3 is 1.00 bits per heavy atom. The molecule has 0 aliphatic carbocycles. The van der Waals surface area contributed by atoms with Gasteiger partial charge in [0.1, 0.15) is 0 Å². The molecular weight excluding hydrogens is 481 g/mol. The van der Waals surface area contributed by atoms with Crippen LogP contribution in [0.2, 0.25) is 0 Å². The summed E-state index contributed by atoms with van der Waals surface area (Å²) >= 11 is 10.7. The van der Waals surface area contributed by atoms with Gasteiger partial charge in [-0.1, -0.05) is 141 Å². The van der Waals surface area contributed by atoms with Gasteiger partial charge in [0.25, 0.3) is 0 Å². The number of rotatable bonds is 24. The van der Waals surface area contributed by atoms with Crippen LogP contribution >= 0.6 is 5.69 Å². The SMILES string of the molecule is CCCCCCCCCCCCOP(=S)([S-])OCCCCCCCCCCCC.[Zn]. The summed E-state index contributed by atoms with van der Waals surface area (Å²) in [5.41, 5.74) is -2.43. The van der Waals surface area contributed by atoms with Gasteiger partial charge in [0.15, 0.2) is 0 Å². The maximum Gasteiger partial charge on any atom is 0.0563 e. The van der Waals surface area contributed by atoms with Gasteiger partial charge in [0.2, 0.25) is 0 Å². The van der Waals surface area contributed by atoms with Crippen molar-refractivity contribution in [2.75, 3.05) is 13.2 Å². The van der Waals surface area contributed by atoms with Crippen molar-refractivity contribution in [2.45, 2.75) is 142 Å². The third kappa shape index (κ3) is 27.6. The maximum atomic E-state index is 5.71. The van der Waals surface area contributed by atoms with Crippen molar-refractivity contribution in [1.82, 2.24) is 0 Å². The van der Waals surface area contributed by atoms with Gasteiger partial charge in [-0.3, -0.25) is 0 Å². The molecule has 0 aliphatic heterocycles. The molecule has 30 heavy (non-hydrogen) atoms. The van der Waals surface area contributed by atoms with E-state index in [0.29, 0.717) is 13.2 Å². The van der Waals surface area contributed by atoms with Crippen molar-refractivity contribution in [3.63, 3.8) is 0 Å². The van der Waals surface area contributed by atoms with E-state index in [1.807, 2.05) is 0 Å². The quantitative estimate of drug-likeness (QED) is 0.0534. The second kappa shape index (κ2) is 26.8. The number of hydrogen-bond donors (Lipinski definition) is 0. The van der Waals surface area contributed by atoms with E-state index in [1.54, 1.807) is 0 Å². The molecule has 6 heteroatoms. The third-order valence-electron chi connectivity index (χ3n) is 5.49. The van der Waals surface area contributed by atoms with E-state index >= 15 is 0 Å². The molecular formula is C24H50O2PS2Zn-. The van der Waals surface area contributed by atoms with Crippen molar-refractivity contribution in [3.8, 4) is 0 Å². The molecule has 0 N–H and O–H groups in total. The average Bonchev–Trinajstić information content (AvgIpc) is 2.70. The van der Waals surface area contributed by atoms with Crippen LogP contribution in [0.1, 0.15) is 142 Å². The van der Waals surface area contributed by atoms with E-state index in [1.165, 1.54) is 116 Å². The largest absolute Gasteiger partial charge is 0.691 e. The van der Waals surface area contributed by atoms with Crippen LogP contribution in [0.4, 0.5) is 0 Å². The van der Waals surface area contributed by atoms with E-state index in [0.717, 1.165) is 12.8 Å². The van der Waals surface area contributed by atoms with Gasteiger partial charge in [0, 0.05) is 19.5 Å². The van der Waals surface area contributed by atoms with Crippen LogP contribution in [0.3, 0.4) is 0 Å². The van der Waals surface area contributed by atoms with E-state index in [-0.39, 0.29) is 19.5 Å². The predicted octanol–water partition coefficient (Wildman–Crippen LogP) is 9.63. The zero-order valence-electron chi connectivity index (χ0n) is 20.3. The zero-order valence-corrected chi connectivity index (χ0v) is 25.8. The molecule has 0 fully saturated rings. The summed E-state index contributed by atoms with van der Waals surface area (Å²) in [4.78, 5) is 0. The first-order chi connectivity index (χ1) is 14.1. The molecule has 0 spiro atoms. The van der Waals surface area contributed by atoms with Gasteiger partial charge in [-0.05, 0) is 12.8 Å². The Hall–Kier alpha value is 1.54. The Labute approximate surface area is 212 Å². The Morgan fingerprint density at radius 1 is 0.500 bits per heavy atom. The average molecular weight is 531 g/mol. The molecule has 2 nitrogen and oxygen atoms in total. The molecule has 0 aromatic rings. The first kappa shape index (κ1) is 33.7. The minimum absolute atomic E-state index is 0. The van der Waals surface area contributed by atoms with Crippen molar-refractivity contribution in [2.24, 2.45) is 0 Å². The van der Waals surface area contributed by atoms with Gasteiger partial charge in [-0.25, -0.2) is 0 Å². The molecule has 0 aromatic heterocycles. The molecule has 178 valence electrons. The van der Waals surface area contributed by atoms with Crippen LogP contribution < -0.4 is 0 Å². The van der Waals surface area contributed by atoms with Crippen molar-refractivity contribution >= 4 is 29.7 Å². The maximum absolute atomic E-state index is 5.71. The van der Waals surface area contributed by atoms with Gasteiger partial charge >= 0.3 is 0 Å². The minimum Gasteiger partial charge on any atom is -0.691 e. The molecule has 0 heterocycles. The molecule has 0 saturated heterocycles. The summed E-state index contributed by atoms with van der Waals surface area (Å²) in [5.74, 6) is 0. The summed E-state index contributed by atoms with van der Waals surface area (Å²) < 4.78 is 11.4. The first-order valence-corrected chi connectivity index (χ1v) is 16.4. The molecule has 0 aromatic carbocycles. The zero-order chi connectivity index (χ0) is 21.5. The Balaban J connectivity index is 0. The molecule has 0 unspecified atom stereocenters. The fourth-order valence-electron chi connectivity index (χ4n) is 3.57. The topological polar surface area (TPSA) is 18.5 Å². The van der Waals surface area contributed by atoms with Crippen molar-refractivity contribution < 1.29 is 28.5 Å². The number of hydrogen-bond acceptors (Lipinski definition) is 4. The van der Waals surface area contributed by atoms with Crippen LogP contribution in [0.25, 0.3) is 0 Å². The Morgan fingerprint density at radius 2 is 0.733 bits per heavy atom. The van der Waals surface area contributed by atoms with Gasteiger partial charge < -0.3 is 21.3 Å². The smallest absolute Gasteiger partial charge is 0.0563 e. The summed E-state index contributed by atoms with van der Waals surface area (Å²) in [6.07, 6.45) is 26.5. The summed E-state index contributed by atoms with van der Waals surface area (Å²) in [7, 11) is 0. The van der Waals surface area contributed by atoms with Crippen LogP contribution in [0, 0.1) is 0 Å². The van der Waals surface area contributed by atoms with Crippen molar-refractivity contribution in [3.05, 3.63) is 0 Å².